The molecule has 100 valence electrons. The van der Waals surface area contributed by atoms with Crippen LogP contribution in [0.15, 0.2) is 0 Å². The average molecular weight is 264 g/mol. The zero-order valence-corrected chi connectivity index (χ0v) is 11.1. The minimum absolute atomic E-state index is 0. The highest BCUT2D eigenvalue weighted by Gasteiger charge is 2.35. The summed E-state index contributed by atoms with van der Waals surface area (Å²) in [4.78, 5) is 15.4. The smallest absolute Gasteiger partial charge is 0.222 e. The standard InChI is InChI=1S/C11H21N3O2.ClH/c1-13-6-4-12-7-11(16,8-13)9-14-5-2-3-10(14)15;/h12,16H,2-9H2,1H3;1H. The number of β-amino-alcohol motifs (C(OH)–C–C–N with tert-alkyl or cyclic N) is 1. The molecule has 2 fully saturated rings. The van der Waals surface area contributed by atoms with Crippen LogP contribution >= 0.6 is 12.4 Å². The van der Waals surface area contributed by atoms with Gasteiger partial charge in [0.15, 0.2) is 0 Å². The molecule has 2 heterocycles. The van der Waals surface area contributed by atoms with Crippen LogP contribution < -0.4 is 5.32 Å². The van der Waals surface area contributed by atoms with Gasteiger partial charge >= 0.3 is 0 Å². The first-order valence-electron chi connectivity index (χ1n) is 5.98. The van der Waals surface area contributed by atoms with E-state index in [1.807, 2.05) is 7.05 Å². The Morgan fingerprint density at radius 2 is 2.24 bits per heavy atom. The van der Waals surface area contributed by atoms with E-state index in [0.29, 0.717) is 26.1 Å². The molecule has 0 aromatic heterocycles. The fourth-order valence-corrected chi connectivity index (χ4v) is 2.56. The van der Waals surface area contributed by atoms with Crippen molar-refractivity contribution in [2.75, 3.05) is 46.3 Å². The van der Waals surface area contributed by atoms with E-state index in [2.05, 4.69) is 10.2 Å². The predicted octanol–water partition coefficient (Wildman–Crippen LogP) is -0.703. The molecule has 0 aromatic rings. The van der Waals surface area contributed by atoms with Gasteiger partial charge in [0, 0.05) is 39.1 Å². The second-order valence-corrected chi connectivity index (χ2v) is 5.06. The van der Waals surface area contributed by atoms with Crippen LogP contribution in [0, 0.1) is 0 Å². The Hall–Kier alpha value is -0.360. The quantitative estimate of drug-likeness (QED) is 0.692. The molecule has 2 rings (SSSR count). The summed E-state index contributed by atoms with van der Waals surface area (Å²) in [6.45, 7) is 4.29. The largest absolute Gasteiger partial charge is 0.385 e. The number of carbonyl (C=O) groups is 1. The van der Waals surface area contributed by atoms with Crippen molar-refractivity contribution in [3.8, 4) is 0 Å². The van der Waals surface area contributed by atoms with Crippen molar-refractivity contribution >= 4 is 18.3 Å². The second-order valence-electron chi connectivity index (χ2n) is 5.06. The highest BCUT2D eigenvalue weighted by atomic mass is 35.5. The maximum atomic E-state index is 11.5. The lowest BCUT2D eigenvalue weighted by atomic mass is 10.0. The number of amides is 1. The average Bonchev–Trinajstić information content (AvgIpc) is 2.50. The molecule has 0 spiro atoms. The highest BCUT2D eigenvalue weighted by molar-refractivity contribution is 5.85. The molecular weight excluding hydrogens is 242 g/mol. The summed E-state index contributed by atoms with van der Waals surface area (Å²) in [7, 11) is 2.00. The number of hydrogen-bond donors (Lipinski definition) is 2. The molecule has 1 amide bonds. The number of aliphatic hydroxyl groups is 1. The Balaban J connectivity index is 0.00000144. The van der Waals surface area contributed by atoms with Crippen molar-refractivity contribution in [2.45, 2.75) is 18.4 Å². The fourth-order valence-electron chi connectivity index (χ4n) is 2.56. The summed E-state index contributed by atoms with van der Waals surface area (Å²) < 4.78 is 0. The summed E-state index contributed by atoms with van der Waals surface area (Å²) in [6.07, 6.45) is 1.57. The molecule has 2 saturated heterocycles. The molecule has 2 aliphatic heterocycles. The van der Waals surface area contributed by atoms with Gasteiger partial charge in [-0.1, -0.05) is 0 Å². The fraction of sp³-hybridized carbons (Fsp3) is 0.909. The zero-order valence-electron chi connectivity index (χ0n) is 10.3. The Morgan fingerprint density at radius 3 is 2.88 bits per heavy atom. The number of hydrogen-bond acceptors (Lipinski definition) is 4. The van der Waals surface area contributed by atoms with Crippen LogP contribution in [-0.4, -0.2) is 72.7 Å². The topological polar surface area (TPSA) is 55.8 Å². The molecule has 2 N–H and O–H groups in total. The number of halogens is 1. The van der Waals surface area contributed by atoms with Crippen LogP contribution in [0.3, 0.4) is 0 Å². The van der Waals surface area contributed by atoms with Crippen molar-refractivity contribution < 1.29 is 9.90 Å². The van der Waals surface area contributed by atoms with Crippen molar-refractivity contribution in [3.63, 3.8) is 0 Å². The summed E-state index contributed by atoms with van der Waals surface area (Å²) in [5, 5.41) is 13.7. The lowest BCUT2D eigenvalue weighted by molar-refractivity contribution is -0.131. The third-order valence-corrected chi connectivity index (χ3v) is 3.35. The number of likely N-dealkylation sites (tertiary alicyclic amines) is 1. The lowest BCUT2D eigenvalue weighted by Crippen LogP contribution is -2.53. The Kier molecular flexibility index (Phi) is 5.19. The Labute approximate surface area is 109 Å². The van der Waals surface area contributed by atoms with Gasteiger partial charge in [0.05, 0.1) is 6.54 Å². The molecule has 0 radical (unpaired) electrons. The van der Waals surface area contributed by atoms with E-state index in [0.717, 1.165) is 26.1 Å². The Bertz CT molecular complexity index is 277. The monoisotopic (exact) mass is 263 g/mol. The van der Waals surface area contributed by atoms with Gasteiger partial charge in [0.1, 0.15) is 5.60 Å². The summed E-state index contributed by atoms with van der Waals surface area (Å²) in [5.74, 6) is 0.181. The number of nitrogens with one attached hydrogen (secondary N) is 1. The molecular formula is C11H22ClN3O2. The number of carbonyl (C=O) groups excluding carboxylic acids is 1. The van der Waals surface area contributed by atoms with Crippen LogP contribution in [0.25, 0.3) is 0 Å². The number of likely N-dealkylation sites (N-methyl/N-ethyl adjacent to an activating group) is 1. The molecule has 1 unspecified atom stereocenters. The molecule has 1 atom stereocenters. The molecule has 17 heavy (non-hydrogen) atoms. The number of nitrogens with zero attached hydrogens (tertiary/aromatic N) is 2. The molecule has 0 aromatic carbocycles. The van der Waals surface area contributed by atoms with E-state index in [1.165, 1.54) is 0 Å². The van der Waals surface area contributed by atoms with Gasteiger partial charge < -0.3 is 20.2 Å². The maximum Gasteiger partial charge on any atom is 0.222 e. The first-order chi connectivity index (χ1) is 7.59. The van der Waals surface area contributed by atoms with Crippen LogP contribution in [0.2, 0.25) is 0 Å². The van der Waals surface area contributed by atoms with Crippen LogP contribution in [0.5, 0.6) is 0 Å². The van der Waals surface area contributed by atoms with Gasteiger partial charge in [-0.3, -0.25) is 4.79 Å². The van der Waals surface area contributed by atoms with Gasteiger partial charge in [0.25, 0.3) is 0 Å². The van der Waals surface area contributed by atoms with E-state index in [1.54, 1.807) is 4.90 Å². The van der Waals surface area contributed by atoms with Gasteiger partial charge in [-0.15, -0.1) is 12.4 Å². The second kappa shape index (κ2) is 6.00. The lowest BCUT2D eigenvalue weighted by Gasteiger charge is -2.33. The third kappa shape index (κ3) is 3.81. The molecule has 0 aliphatic carbocycles. The number of rotatable bonds is 2. The normalized spacial score (nSPS) is 31.2. The molecule has 5 nitrogen and oxygen atoms in total. The first-order valence-corrected chi connectivity index (χ1v) is 5.98. The van der Waals surface area contributed by atoms with E-state index in [-0.39, 0.29) is 18.3 Å². The summed E-state index contributed by atoms with van der Waals surface area (Å²) in [6, 6.07) is 0. The maximum absolute atomic E-state index is 11.5. The highest BCUT2D eigenvalue weighted by Crippen LogP contribution is 2.16. The molecule has 6 heteroatoms. The van der Waals surface area contributed by atoms with Gasteiger partial charge in [-0.05, 0) is 13.5 Å². The van der Waals surface area contributed by atoms with Crippen LogP contribution in [-0.2, 0) is 4.79 Å². The van der Waals surface area contributed by atoms with Crippen molar-refractivity contribution in [1.82, 2.24) is 15.1 Å². The molecule has 0 saturated carbocycles. The molecule has 0 bridgehead atoms. The SMILES string of the molecule is CN1CCNCC(O)(CN2CCCC2=O)C1.Cl. The van der Waals surface area contributed by atoms with Crippen molar-refractivity contribution in [3.05, 3.63) is 0 Å². The first kappa shape index (κ1) is 14.7. The van der Waals surface area contributed by atoms with E-state index >= 15 is 0 Å². The zero-order chi connectivity index (χ0) is 11.6. The van der Waals surface area contributed by atoms with Gasteiger partial charge in [0.2, 0.25) is 5.91 Å². The van der Waals surface area contributed by atoms with Gasteiger partial charge in [-0.25, -0.2) is 0 Å². The van der Waals surface area contributed by atoms with Crippen molar-refractivity contribution in [1.29, 1.82) is 0 Å². The summed E-state index contributed by atoms with van der Waals surface area (Å²) in [5.41, 5.74) is -0.800. The summed E-state index contributed by atoms with van der Waals surface area (Å²) >= 11 is 0. The van der Waals surface area contributed by atoms with Crippen LogP contribution in [0.1, 0.15) is 12.8 Å². The van der Waals surface area contributed by atoms with Gasteiger partial charge in [-0.2, -0.15) is 0 Å². The van der Waals surface area contributed by atoms with E-state index in [4.69, 9.17) is 0 Å². The van der Waals surface area contributed by atoms with Crippen molar-refractivity contribution in [2.24, 2.45) is 0 Å². The molecule has 2 aliphatic rings. The van der Waals surface area contributed by atoms with E-state index < -0.39 is 5.60 Å². The van der Waals surface area contributed by atoms with Crippen LogP contribution in [0.4, 0.5) is 0 Å². The Morgan fingerprint density at radius 1 is 1.47 bits per heavy atom. The minimum Gasteiger partial charge on any atom is -0.385 e. The third-order valence-electron chi connectivity index (χ3n) is 3.35. The van der Waals surface area contributed by atoms with E-state index in [9.17, 15) is 9.90 Å². The minimum atomic E-state index is -0.800. The predicted molar refractivity (Wildman–Crippen MR) is 68.4 cm³/mol.